The van der Waals surface area contributed by atoms with Gasteiger partial charge in [-0.1, -0.05) is 30.3 Å². The summed E-state index contributed by atoms with van der Waals surface area (Å²) in [4.78, 5) is 23.7. The van der Waals surface area contributed by atoms with Gasteiger partial charge in [0.2, 0.25) is 11.8 Å². The molecule has 0 saturated heterocycles. The summed E-state index contributed by atoms with van der Waals surface area (Å²) in [5, 5.41) is 6.73. The first-order chi connectivity index (χ1) is 12.0. The number of nitrogens with one attached hydrogen (secondary N) is 2. The number of anilines is 1. The number of halogens is 1. The van der Waals surface area contributed by atoms with E-state index in [9.17, 15) is 14.0 Å². The van der Waals surface area contributed by atoms with Gasteiger partial charge in [0.25, 0.3) is 0 Å². The van der Waals surface area contributed by atoms with Gasteiger partial charge in [0.1, 0.15) is 5.82 Å². The van der Waals surface area contributed by atoms with Crippen LogP contribution in [0.3, 0.4) is 0 Å². The van der Waals surface area contributed by atoms with Crippen LogP contribution in [0.25, 0.3) is 0 Å². The van der Waals surface area contributed by atoms with Crippen LogP contribution in [0.1, 0.15) is 30.9 Å². The lowest BCUT2D eigenvalue weighted by Crippen LogP contribution is -2.22. The number of hydrogen-bond donors (Lipinski definition) is 2. The molecule has 0 unspecified atom stereocenters. The van der Waals surface area contributed by atoms with Crippen LogP contribution in [-0.4, -0.2) is 17.5 Å². The van der Waals surface area contributed by atoms with Crippen LogP contribution >= 0.6 is 0 Å². The summed E-state index contributed by atoms with van der Waals surface area (Å²) in [7, 11) is 0. The van der Waals surface area contributed by atoms with Gasteiger partial charge in [0.15, 0.2) is 0 Å². The minimum atomic E-state index is -0.360. The van der Waals surface area contributed by atoms with E-state index in [0.29, 0.717) is 11.3 Å². The van der Waals surface area contributed by atoms with E-state index in [0.717, 1.165) is 11.3 Å². The monoisotopic (exact) mass is 341 g/mol. The van der Waals surface area contributed by atoms with Gasteiger partial charge in [0.05, 0.1) is 5.71 Å². The van der Waals surface area contributed by atoms with Crippen molar-refractivity contribution >= 4 is 23.2 Å². The van der Waals surface area contributed by atoms with Crippen LogP contribution in [-0.2, 0) is 9.59 Å². The molecule has 2 aromatic rings. The third-order valence-electron chi connectivity index (χ3n) is 3.61. The van der Waals surface area contributed by atoms with Crippen LogP contribution < -0.4 is 10.7 Å². The van der Waals surface area contributed by atoms with E-state index in [1.165, 1.54) is 12.1 Å². The molecule has 130 valence electrons. The van der Waals surface area contributed by atoms with Crippen molar-refractivity contribution in [2.75, 3.05) is 5.32 Å². The predicted octanol–water partition coefficient (Wildman–Crippen LogP) is 3.39. The molecule has 5 nitrogen and oxygen atoms in total. The number of carbonyl (C=O) groups is 2. The summed E-state index contributed by atoms with van der Waals surface area (Å²) in [5.41, 5.74) is 5.35. The Morgan fingerprint density at radius 1 is 1.00 bits per heavy atom. The second-order valence-corrected chi connectivity index (χ2v) is 5.60. The summed E-state index contributed by atoms with van der Waals surface area (Å²) in [5.74, 6) is -0.926. The molecule has 0 aliphatic rings. The zero-order valence-electron chi connectivity index (χ0n) is 14.2. The zero-order chi connectivity index (χ0) is 18.2. The van der Waals surface area contributed by atoms with Crippen molar-refractivity contribution in [2.24, 2.45) is 5.10 Å². The third-order valence-corrected chi connectivity index (χ3v) is 3.61. The van der Waals surface area contributed by atoms with Gasteiger partial charge in [0, 0.05) is 18.5 Å². The Labute approximate surface area is 145 Å². The Balaban J connectivity index is 1.80. The van der Waals surface area contributed by atoms with Gasteiger partial charge in [-0.25, -0.2) is 9.82 Å². The number of carbonyl (C=O) groups excluding carboxylic acids is 2. The van der Waals surface area contributed by atoms with Crippen molar-refractivity contribution in [3.63, 3.8) is 0 Å². The molecule has 0 fully saturated rings. The van der Waals surface area contributed by atoms with E-state index in [1.807, 2.05) is 31.2 Å². The number of benzene rings is 2. The van der Waals surface area contributed by atoms with Crippen molar-refractivity contribution in [3.05, 3.63) is 65.5 Å². The first-order valence-electron chi connectivity index (χ1n) is 7.90. The highest BCUT2D eigenvalue weighted by Gasteiger charge is 2.08. The summed E-state index contributed by atoms with van der Waals surface area (Å²) < 4.78 is 12.9. The summed E-state index contributed by atoms with van der Waals surface area (Å²) in [6, 6.07) is 13.2. The minimum absolute atomic E-state index is 0.0257. The van der Waals surface area contributed by atoms with E-state index in [1.54, 1.807) is 19.1 Å². The Hall–Kier alpha value is -3.02. The lowest BCUT2D eigenvalue weighted by atomic mass is 10.1. The fourth-order valence-electron chi connectivity index (χ4n) is 2.11. The van der Waals surface area contributed by atoms with Gasteiger partial charge < -0.3 is 5.32 Å². The molecule has 0 atom stereocenters. The Kier molecular flexibility index (Phi) is 6.39. The SMILES string of the molecule is CC(=NNC(=O)CCC(=O)Nc1ccccc1C)c1ccc(F)cc1. The maximum absolute atomic E-state index is 12.9. The van der Waals surface area contributed by atoms with E-state index in [-0.39, 0.29) is 30.5 Å². The summed E-state index contributed by atoms with van der Waals surface area (Å²) >= 11 is 0. The van der Waals surface area contributed by atoms with Crippen molar-refractivity contribution < 1.29 is 14.0 Å². The molecular formula is C19H20FN3O2. The van der Waals surface area contributed by atoms with Crippen LogP contribution in [0.2, 0.25) is 0 Å². The number of para-hydroxylation sites is 1. The number of nitrogens with zero attached hydrogens (tertiary/aromatic N) is 1. The van der Waals surface area contributed by atoms with E-state index in [4.69, 9.17) is 0 Å². The third kappa shape index (κ3) is 5.84. The summed E-state index contributed by atoms with van der Waals surface area (Å²) in [6.07, 6.45) is 0.0865. The maximum atomic E-state index is 12.9. The highest BCUT2D eigenvalue weighted by Crippen LogP contribution is 2.13. The largest absolute Gasteiger partial charge is 0.326 e. The smallest absolute Gasteiger partial charge is 0.240 e. The molecule has 2 N–H and O–H groups in total. The average molecular weight is 341 g/mol. The second-order valence-electron chi connectivity index (χ2n) is 5.60. The Morgan fingerprint density at radius 3 is 2.32 bits per heavy atom. The topological polar surface area (TPSA) is 70.6 Å². The molecule has 0 aliphatic carbocycles. The quantitative estimate of drug-likeness (QED) is 0.624. The fraction of sp³-hybridized carbons (Fsp3) is 0.211. The molecule has 0 aromatic heterocycles. The lowest BCUT2D eigenvalue weighted by Gasteiger charge is -2.07. The minimum Gasteiger partial charge on any atom is -0.326 e. The molecule has 0 bridgehead atoms. The molecule has 2 amide bonds. The molecule has 6 heteroatoms. The maximum Gasteiger partial charge on any atom is 0.240 e. The van der Waals surface area contributed by atoms with Gasteiger partial charge >= 0.3 is 0 Å². The highest BCUT2D eigenvalue weighted by molar-refractivity contribution is 5.99. The fourth-order valence-corrected chi connectivity index (χ4v) is 2.11. The molecular weight excluding hydrogens is 321 g/mol. The van der Waals surface area contributed by atoms with Gasteiger partial charge in [-0.3, -0.25) is 9.59 Å². The number of rotatable bonds is 6. The van der Waals surface area contributed by atoms with Crippen LogP contribution in [0, 0.1) is 12.7 Å². The zero-order valence-corrected chi connectivity index (χ0v) is 14.2. The molecule has 0 heterocycles. The second kappa shape index (κ2) is 8.73. The number of hydrazone groups is 1. The first-order valence-corrected chi connectivity index (χ1v) is 7.90. The highest BCUT2D eigenvalue weighted by atomic mass is 19.1. The Bertz CT molecular complexity index is 786. The molecule has 25 heavy (non-hydrogen) atoms. The van der Waals surface area contributed by atoms with E-state index in [2.05, 4.69) is 15.8 Å². The molecule has 0 radical (unpaired) electrons. The normalized spacial score (nSPS) is 11.1. The van der Waals surface area contributed by atoms with Crippen molar-refractivity contribution in [1.29, 1.82) is 0 Å². The van der Waals surface area contributed by atoms with Gasteiger partial charge in [-0.2, -0.15) is 5.10 Å². The standard InChI is InChI=1S/C19H20FN3O2/c1-13-5-3-4-6-17(13)21-18(24)11-12-19(25)23-22-14(2)15-7-9-16(20)10-8-15/h3-10H,11-12H2,1-2H3,(H,21,24)(H,23,25). The van der Waals surface area contributed by atoms with Crippen molar-refractivity contribution in [1.82, 2.24) is 5.43 Å². The summed E-state index contributed by atoms with van der Waals surface area (Å²) in [6.45, 7) is 3.60. The molecule has 0 aliphatic heterocycles. The van der Waals surface area contributed by atoms with Crippen molar-refractivity contribution in [3.8, 4) is 0 Å². The molecule has 2 aromatic carbocycles. The van der Waals surface area contributed by atoms with E-state index < -0.39 is 0 Å². The van der Waals surface area contributed by atoms with Crippen LogP contribution in [0.4, 0.5) is 10.1 Å². The van der Waals surface area contributed by atoms with Crippen LogP contribution in [0.15, 0.2) is 53.6 Å². The van der Waals surface area contributed by atoms with Crippen molar-refractivity contribution in [2.45, 2.75) is 26.7 Å². The molecule has 0 saturated carbocycles. The van der Waals surface area contributed by atoms with Gasteiger partial charge in [-0.15, -0.1) is 0 Å². The van der Waals surface area contributed by atoms with Crippen LogP contribution in [0.5, 0.6) is 0 Å². The Morgan fingerprint density at radius 2 is 1.64 bits per heavy atom. The van der Waals surface area contributed by atoms with E-state index >= 15 is 0 Å². The predicted molar refractivity (Wildman–Crippen MR) is 95.8 cm³/mol. The average Bonchev–Trinajstić information content (AvgIpc) is 2.60. The molecule has 2 rings (SSSR count). The number of aryl methyl sites for hydroxylation is 1. The first kappa shape index (κ1) is 18.3. The molecule has 0 spiro atoms. The lowest BCUT2D eigenvalue weighted by molar-refractivity contribution is -0.124. The number of hydrogen-bond acceptors (Lipinski definition) is 3. The van der Waals surface area contributed by atoms with Gasteiger partial charge in [-0.05, 0) is 43.2 Å². The number of amides is 2.